The standard InChI is InChI=1S/C22H24ClF3N4O3/c23-19-18(27-20-16(22(24,25)26)9-13(10-30(19)20)12-1-2-12)21(33)28-7-8-29(17(32)11-28)14-3-5-15(31)6-4-14/h9-10,12,14-15,31H,1-8,11H2/t14-,15-. The molecule has 2 saturated carbocycles. The van der Waals surface area contributed by atoms with Crippen molar-refractivity contribution in [3.05, 3.63) is 34.2 Å². The Morgan fingerprint density at radius 3 is 2.42 bits per heavy atom. The number of hydrogen-bond donors (Lipinski definition) is 1. The Balaban J connectivity index is 1.40. The van der Waals surface area contributed by atoms with Gasteiger partial charge in [-0.1, -0.05) is 11.6 Å². The van der Waals surface area contributed by atoms with Gasteiger partial charge in [-0.2, -0.15) is 13.2 Å². The van der Waals surface area contributed by atoms with E-state index in [4.69, 9.17) is 11.6 Å². The second-order valence-electron chi connectivity index (χ2n) is 9.18. The summed E-state index contributed by atoms with van der Waals surface area (Å²) in [6, 6.07) is 1.13. The highest BCUT2D eigenvalue weighted by Gasteiger charge is 2.39. The van der Waals surface area contributed by atoms with Crippen LogP contribution in [0.4, 0.5) is 13.2 Å². The largest absolute Gasteiger partial charge is 0.419 e. The highest BCUT2D eigenvalue weighted by Crippen LogP contribution is 2.43. The van der Waals surface area contributed by atoms with Gasteiger partial charge in [0.1, 0.15) is 11.7 Å². The Kier molecular flexibility index (Phi) is 5.55. The van der Waals surface area contributed by atoms with Gasteiger partial charge in [0.05, 0.1) is 11.7 Å². The lowest BCUT2D eigenvalue weighted by atomic mass is 9.91. The summed E-state index contributed by atoms with van der Waals surface area (Å²) in [5, 5.41) is 9.51. The van der Waals surface area contributed by atoms with E-state index in [0.29, 0.717) is 37.8 Å². The van der Waals surface area contributed by atoms with Crippen molar-refractivity contribution in [3.63, 3.8) is 0 Å². The minimum Gasteiger partial charge on any atom is -0.393 e. The number of piperazine rings is 1. The summed E-state index contributed by atoms with van der Waals surface area (Å²) >= 11 is 6.36. The van der Waals surface area contributed by atoms with Crippen molar-refractivity contribution in [2.45, 2.75) is 62.8 Å². The normalized spacial score (nSPS) is 24.6. The molecular formula is C22H24ClF3N4O3. The third-order valence-corrected chi connectivity index (χ3v) is 7.25. The van der Waals surface area contributed by atoms with Gasteiger partial charge in [0.15, 0.2) is 11.3 Å². The van der Waals surface area contributed by atoms with Gasteiger partial charge in [-0.15, -0.1) is 0 Å². The van der Waals surface area contributed by atoms with Crippen molar-refractivity contribution in [2.75, 3.05) is 19.6 Å². The fourth-order valence-electron chi connectivity index (χ4n) is 4.89. The third-order valence-electron chi connectivity index (χ3n) is 6.89. The Bertz CT molecular complexity index is 1110. The average Bonchev–Trinajstić information content (AvgIpc) is 3.57. The molecule has 5 rings (SSSR count). The smallest absolute Gasteiger partial charge is 0.393 e. The van der Waals surface area contributed by atoms with E-state index in [1.807, 2.05) is 0 Å². The molecule has 178 valence electrons. The van der Waals surface area contributed by atoms with Gasteiger partial charge in [0.2, 0.25) is 5.91 Å². The highest BCUT2D eigenvalue weighted by atomic mass is 35.5. The van der Waals surface area contributed by atoms with E-state index < -0.39 is 23.3 Å². The van der Waals surface area contributed by atoms with E-state index in [2.05, 4.69) is 4.98 Å². The number of halogens is 4. The number of fused-ring (bicyclic) bond motifs is 1. The number of pyridine rings is 1. The number of imidazole rings is 1. The number of carbonyl (C=O) groups is 2. The van der Waals surface area contributed by atoms with E-state index in [0.717, 1.165) is 23.3 Å². The Morgan fingerprint density at radius 1 is 1.12 bits per heavy atom. The van der Waals surface area contributed by atoms with Crippen LogP contribution in [0.3, 0.4) is 0 Å². The molecule has 0 unspecified atom stereocenters. The molecule has 7 nitrogen and oxygen atoms in total. The van der Waals surface area contributed by atoms with Crippen molar-refractivity contribution < 1.29 is 27.9 Å². The van der Waals surface area contributed by atoms with Crippen molar-refractivity contribution in [1.82, 2.24) is 19.2 Å². The lowest BCUT2D eigenvalue weighted by Gasteiger charge is -2.41. The van der Waals surface area contributed by atoms with Gasteiger partial charge in [0, 0.05) is 25.3 Å². The molecule has 11 heteroatoms. The molecule has 2 amide bonds. The number of carbonyl (C=O) groups excluding carboxylic acids is 2. The van der Waals surface area contributed by atoms with E-state index in [1.54, 1.807) is 4.90 Å². The molecule has 0 aromatic carbocycles. The molecule has 1 N–H and O–H groups in total. The highest BCUT2D eigenvalue weighted by molar-refractivity contribution is 6.33. The molecule has 2 aromatic rings. The Labute approximate surface area is 193 Å². The summed E-state index contributed by atoms with van der Waals surface area (Å²) in [7, 11) is 0. The number of aliphatic hydroxyl groups is 1. The fourth-order valence-corrected chi connectivity index (χ4v) is 5.14. The van der Waals surface area contributed by atoms with Crippen LogP contribution in [-0.2, 0) is 11.0 Å². The summed E-state index contributed by atoms with van der Waals surface area (Å²) in [5.41, 5.74) is -1.09. The molecule has 2 aromatic heterocycles. The zero-order valence-corrected chi connectivity index (χ0v) is 18.6. The van der Waals surface area contributed by atoms with E-state index in [1.165, 1.54) is 11.1 Å². The average molecular weight is 485 g/mol. The maximum Gasteiger partial charge on any atom is 0.419 e. The molecule has 0 bridgehead atoms. The minimum absolute atomic E-state index is 0.0344. The molecule has 3 fully saturated rings. The molecule has 2 aliphatic carbocycles. The zero-order valence-electron chi connectivity index (χ0n) is 17.8. The maximum absolute atomic E-state index is 13.7. The summed E-state index contributed by atoms with van der Waals surface area (Å²) in [6.07, 6.45) is 0.867. The fraction of sp³-hybridized carbons (Fsp3) is 0.591. The van der Waals surface area contributed by atoms with Crippen molar-refractivity contribution >= 4 is 29.1 Å². The van der Waals surface area contributed by atoms with Crippen molar-refractivity contribution in [1.29, 1.82) is 0 Å². The molecule has 3 heterocycles. The third kappa shape index (κ3) is 4.19. The molecule has 33 heavy (non-hydrogen) atoms. The van der Waals surface area contributed by atoms with E-state index in [-0.39, 0.29) is 47.9 Å². The second-order valence-corrected chi connectivity index (χ2v) is 9.54. The van der Waals surface area contributed by atoms with Crippen LogP contribution < -0.4 is 0 Å². The molecule has 0 spiro atoms. The monoisotopic (exact) mass is 484 g/mol. The van der Waals surface area contributed by atoms with Gasteiger partial charge < -0.3 is 14.9 Å². The number of hydrogen-bond acceptors (Lipinski definition) is 4. The van der Waals surface area contributed by atoms with Crippen LogP contribution in [0.1, 0.15) is 66.1 Å². The summed E-state index contributed by atoms with van der Waals surface area (Å²) in [4.78, 5) is 32.9. The Hall–Kier alpha value is -2.33. The first-order chi connectivity index (χ1) is 15.6. The summed E-state index contributed by atoms with van der Waals surface area (Å²) in [6.45, 7) is 0.394. The zero-order chi connectivity index (χ0) is 23.5. The van der Waals surface area contributed by atoms with Crippen LogP contribution in [0.2, 0.25) is 5.15 Å². The number of aliphatic hydroxyl groups excluding tert-OH is 1. The minimum atomic E-state index is -4.64. The predicted molar refractivity (Wildman–Crippen MR) is 113 cm³/mol. The van der Waals surface area contributed by atoms with E-state index in [9.17, 15) is 27.9 Å². The number of rotatable bonds is 3. The van der Waals surface area contributed by atoms with Gasteiger partial charge in [-0.25, -0.2) is 4.98 Å². The van der Waals surface area contributed by atoms with Crippen LogP contribution in [-0.4, -0.2) is 67.9 Å². The first kappa shape index (κ1) is 22.5. The topological polar surface area (TPSA) is 78.2 Å². The molecule has 3 aliphatic rings. The first-order valence-electron chi connectivity index (χ1n) is 11.2. The number of aromatic nitrogens is 2. The summed E-state index contributed by atoms with van der Waals surface area (Å²) in [5.74, 6) is -0.820. The molecular weight excluding hydrogens is 461 g/mol. The van der Waals surface area contributed by atoms with Crippen molar-refractivity contribution in [3.8, 4) is 0 Å². The summed E-state index contributed by atoms with van der Waals surface area (Å²) < 4.78 is 42.3. The lowest BCUT2D eigenvalue weighted by Crippen LogP contribution is -2.56. The SMILES string of the molecule is O=C(c1nc2c(C(F)(F)F)cc(C3CC3)cn2c1Cl)N1CCN([C@H]2CC[C@H](O)CC2)C(=O)C1. The van der Waals surface area contributed by atoms with Crippen LogP contribution >= 0.6 is 11.6 Å². The van der Waals surface area contributed by atoms with Gasteiger partial charge in [-0.3, -0.25) is 14.0 Å². The number of amides is 2. The van der Waals surface area contributed by atoms with Gasteiger partial charge in [-0.05, 0) is 56.1 Å². The van der Waals surface area contributed by atoms with E-state index >= 15 is 0 Å². The Morgan fingerprint density at radius 2 is 1.82 bits per heavy atom. The van der Waals surface area contributed by atoms with Crippen LogP contribution in [0.15, 0.2) is 12.3 Å². The molecule has 1 aliphatic heterocycles. The predicted octanol–water partition coefficient (Wildman–Crippen LogP) is 3.47. The maximum atomic E-state index is 13.7. The van der Waals surface area contributed by atoms with Crippen LogP contribution in [0.25, 0.3) is 5.65 Å². The second kappa shape index (κ2) is 8.16. The van der Waals surface area contributed by atoms with Crippen LogP contribution in [0.5, 0.6) is 0 Å². The number of alkyl halides is 3. The molecule has 0 atom stereocenters. The molecule has 1 saturated heterocycles. The first-order valence-corrected chi connectivity index (χ1v) is 11.6. The quantitative estimate of drug-likeness (QED) is 0.723. The van der Waals surface area contributed by atoms with Crippen molar-refractivity contribution in [2.24, 2.45) is 0 Å². The number of nitrogens with zero attached hydrogens (tertiary/aromatic N) is 4. The van der Waals surface area contributed by atoms with Crippen LogP contribution in [0, 0.1) is 0 Å². The molecule has 0 radical (unpaired) electrons. The van der Waals surface area contributed by atoms with Gasteiger partial charge >= 0.3 is 6.18 Å². The lowest BCUT2D eigenvalue weighted by molar-refractivity contribution is -0.139. The van der Waals surface area contributed by atoms with Gasteiger partial charge in [0.25, 0.3) is 5.91 Å².